The smallest absolute Gasteiger partial charge is 0.157 e. The highest BCUT2D eigenvalue weighted by Gasteiger charge is 1.94. The van der Waals surface area contributed by atoms with Gasteiger partial charge < -0.3 is 10.2 Å². The predicted octanol–water partition coefficient (Wildman–Crippen LogP) is 2.21. The third kappa shape index (κ3) is 2.76. The standard InChI is InChI=1S/C7H8O2.C2H4/c1-5-2-3-6(8)7(9)4-5;1-2/h2-4,8-9H,1H3;1-2H2. The molecule has 0 fully saturated rings. The minimum absolute atomic E-state index is 0.0602. The first-order valence-electron chi connectivity index (χ1n) is 3.19. The minimum atomic E-state index is -0.0689. The maximum absolute atomic E-state index is 8.85. The van der Waals surface area contributed by atoms with Gasteiger partial charge in [0.25, 0.3) is 0 Å². The summed E-state index contributed by atoms with van der Waals surface area (Å²) in [6.45, 7) is 7.85. The quantitative estimate of drug-likeness (QED) is 0.442. The average Bonchev–Trinajstić information content (AvgIpc) is 2.02. The van der Waals surface area contributed by atoms with Crippen LogP contribution in [0.5, 0.6) is 11.5 Å². The maximum atomic E-state index is 8.85. The van der Waals surface area contributed by atoms with Crippen molar-refractivity contribution in [2.24, 2.45) is 0 Å². The van der Waals surface area contributed by atoms with Gasteiger partial charge in [-0.2, -0.15) is 0 Å². The van der Waals surface area contributed by atoms with E-state index >= 15 is 0 Å². The topological polar surface area (TPSA) is 40.5 Å². The molecule has 0 heterocycles. The molecule has 60 valence electrons. The molecule has 2 nitrogen and oxygen atoms in total. The third-order valence-corrected chi connectivity index (χ3v) is 1.13. The number of hydrogen-bond donors (Lipinski definition) is 2. The Balaban J connectivity index is 0.000000461. The van der Waals surface area contributed by atoms with E-state index in [0.29, 0.717) is 0 Å². The molecule has 0 saturated carbocycles. The molecule has 1 aromatic rings. The second-order valence-electron chi connectivity index (χ2n) is 1.99. The summed E-state index contributed by atoms with van der Waals surface area (Å²) in [6.07, 6.45) is 0. The van der Waals surface area contributed by atoms with Crippen LogP contribution in [0.15, 0.2) is 31.4 Å². The summed E-state index contributed by atoms with van der Waals surface area (Å²) in [5.74, 6) is -0.129. The van der Waals surface area contributed by atoms with E-state index < -0.39 is 0 Å². The maximum Gasteiger partial charge on any atom is 0.157 e. The lowest BCUT2D eigenvalue weighted by molar-refractivity contribution is 0.403. The van der Waals surface area contributed by atoms with Crippen LogP contribution in [0.4, 0.5) is 0 Å². The number of aryl methyl sites for hydroxylation is 1. The van der Waals surface area contributed by atoms with Gasteiger partial charge in [-0.1, -0.05) is 6.07 Å². The summed E-state index contributed by atoms with van der Waals surface area (Å²) in [7, 11) is 0. The molecule has 0 aliphatic rings. The van der Waals surface area contributed by atoms with Crippen molar-refractivity contribution in [3.8, 4) is 11.5 Å². The van der Waals surface area contributed by atoms with Crippen LogP contribution in [-0.4, -0.2) is 10.2 Å². The molecular formula is C9H12O2. The Morgan fingerprint density at radius 3 is 2.00 bits per heavy atom. The number of hydrogen-bond acceptors (Lipinski definition) is 2. The zero-order chi connectivity index (χ0) is 8.85. The van der Waals surface area contributed by atoms with Gasteiger partial charge in [-0.3, -0.25) is 0 Å². The molecule has 1 aromatic carbocycles. The van der Waals surface area contributed by atoms with E-state index in [0.717, 1.165) is 5.56 Å². The number of benzene rings is 1. The van der Waals surface area contributed by atoms with Crippen LogP contribution in [0, 0.1) is 6.92 Å². The van der Waals surface area contributed by atoms with E-state index in [4.69, 9.17) is 10.2 Å². The monoisotopic (exact) mass is 152 g/mol. The Morgan fingerprint density at radius 2 is 1.64 bits per heavy atom. The summed E-state index contributed by atoms with van der Waals surface area (Å²) in [5.41, 5.74) is 0.935. The molecule has 0 aliphatic carbocycles. The molecule has 0 amide bonds. The minimum Gasteiger partial charge on any atom is -0.504 e. The SMILES string of the molecule is C=C.Cc1ccc(O)c(O)c1. The molecule has 2 heteroatoms. The predicted molar refractivity (Wildman–Crippen MR) is 45.8 cm³/mol. The third-order valence-electron chi connectivity index (χ3n) is 1.13. The van der Waals surface area contributed by atoms with Gasteiger partial charge in [0.2, 0.25) is 0 Å². The molecule has 11 heavy (non-hydrogen) atoms. The average molecular weight is 152 g/mol. The molecule has 1 rings (SSSR count). The van der Waals surface area contributed by atoms with Crippen LogP contribution in [0.2, 0.25) is 0 Å². The molecule has 0 aromatic heterocycles. The normalized spacial score (nSPS) is 8.09. The summed E-state index contributed by atoms with van der Waals surface area (Å²) in [4.78, 5) is 0. The van der Waals surface area contributed by atoms with E-state index in [-0.39, 0.29) is 11.5 Å². The molecule has 0 spiro atoms. The summed E-state index contributed by atoms with van der Waals surface area (Å²) in [5, 5.41) is 17.6. The molecule has 0 radical (unpaired) electrons. The van der Waals surface area contributed by atoms with Crippen LogP contribution in [-0.2, 0) is 0 Å². The first kappa shape index (κ1) is 9.56. The van der Waals surface area contributed by atoms with Crippen molar-refractivity contribution in [2.45, 2.75) is 6.92 Å². The molecule has 2 N–H and O–H groups in total. The van der Waals surface area contributed by atoms with Gasteiger partial charge >= 0.3 is 0 Å². The number of rotatable bonds is 0. The van der Waals surface area contributed by atoms with Crippen molar-refractivity contribution in [1.82, 2.24) is 0 Å². The number of phenolic OH excluding ortho intramolecular Hbond substituents is 2. The second kappa shape index (κ2) is 4.39. The van der Waals surface area contributed by atoms with Gasteiger partial charge in [0.15, 0.2) is 11.5 Å². The van der Waals surface area contributed by atoms with Gasteiger partial charge in [0.05, 0.1) is 0 Å². The van der Waals surface area contributed by atoms with E-state index in [1.165, 1.54) is 12.1 Å². The highest BCUT2D eigenvalue weighted by atomic mass is 16.3. The van der Waals surface area contributed by atoms with Crippen LogP contribution in [0.3, 0.4) is 0 Å². The Bertz CT molecular complexity index is 231. The van der Waals surface area contributed by atoms with E-state index in [1.54, 1.807) is 6.07 Å². The van der Waals surface area contributed by atoms with Gasteiger partial charge in [-0.15, -0.1) is 13.2 Å². The van der Waals surface area contributed by atoms with E-state index in [9.17, 15) is 0 Å². The van der Waals surface area contributed by atoms with Gasteiger partial charge in [0.1, 0.15) is 0 Å². The van der Waals surface area contributed by atoms with Crippen molar-refractivity contribution < 1.29 is 10.2 Å². The fraction of sp³-hybridized carbons (Fsp3) is 0.111. The molecule has 0 aliphatic heterocycles. The Labute approximate surface area is 66.4 Å². The molecule has 0 unspecified atom stereocenters. The summed E-state index contributed by atoms with van der Waals surface area (Å²) < 4.78 is 0. The fourth-order valence-electron chi connectivity index (χ4n) is 0.633. The Morgan fingerprint density at radius 1 is 1.09 bits per heavy atom. The number of phenols is 2. The molecular weight excluding hydrogens is 140 g/mol. The van der Waals surface area contributed by atoms with Crippen LogP contribution < -0.4 is 0 Å². The summed E-state index contributed by atoms with van der Waals surface area (Å²) >= 11 is 0. The van der Waals surface area contributed by atoms with Gasteiger partial charge in [-0.05, 0) is 24.6 Å². The zero-order valence-corrected chi connectivity index (χ0v) is 6.54. The highest BCUT2D eigenvalue weighted by Crippen LogP contribution is 2.23. The largest absolute Gasteiger partial charge is 0.504 e. The highest BCUT2D eigenvalue weighted by molar-refractivity contribution is 5.39. The molecule has 0 atom stereocenters. The van der Waals surface area contributed by atoms with Crippen molar-refractivity contribution in [1.29, 1.82) is 0 Å². The molecule has 0 bridgehead atoms. The Kier molecular flexibility index (Phi) is 3.81. The lowest BCUT2D eigenvalue weighted by Gasteiger charge is -1.95. The van der Waals surface area contributed by atoms with Crippen LogP contribution in [0.25, 0.3) is 0 Å². The number of aromatic hydroxyl groups is 2. The lowest BCUT2D eigenvalue weighted by atomic mass is 10.2. The van der Waals surface area contributed by atoms with E-state index in [1.807, 2.05) is 6.92 Å². The lowest BCUT2D eigenvalue weighted by Crippen LogP contribution is -1.70. The first-order chi connectivity index (χ1) is 5.20. The van der Waals surface area contributed by atoms with Gasteiger partial charge in [0, 0.05) is 0 Å². The molecule has 0 saturated heterocycles. The van der Waals surface area contributed by atoms with Crippen molar-refractivity contribution in [3.05, 3.63) is 36.9 Å². The fourth-order valence-corrected chi connectivity index (χ4v) is 0.633. The van der Waals surface area contributed by atoms with Crippen molar-refractivity contribution in [2.75, 3.05) is 0 Å². The van der Waals surface area contributed by atoms with Crippen molar-refractivity contribution in [3.63, 3.8) is 0 Å². The second-order valence-corrected chi connectivity index (χ2v) is 1.99. The van der Waals surface area contributed by atoms with Crippen molar-refractivity contribution >= 4 is 0 Å². The Hall–Kier alpha value is -1.44. The summed E-state index contributed by atoms with van der Waals surface area (Å²) in [6, 6.07) is 4.70. The first-order valence-corrected chi connectivity index (χ1v) is 3.19. The van der Waals surface area contributed by atoms with Gasteiger partial charge in [-0.25, -0.2) is 0 Å². The van der Waals surface area contributed by atoms with E-state index in [2.05, 4.69) is 13.2 Å². The van der Waals surface area contributed by atoms with Crippen LogP contribution in [0.1, 0.15) is 5.56 Å². The zero-order valence-electron chi connectivity index (χ0n) is 6.54. The van der Waals surface area contributed by atoms with Crippen LogP contribution >= 0.6 is 0 Å².